The van der Waals surface area contributed by atoms with Crippen molar-refractivity contribution in [3.05, 3.63) is 35.0 Å². The summed E-state index contributed by atoms with van der Waals surface area (Å²) in [6, 6.07) is 1.83. The van der Waals surface area contributed by atoms with Crippen LogP contribution in [0.5, 0.6) is 0 Å². The van der Waals surface area contributed by atoms with Crippen LogP contribution in [0.3, 0.4) is 0 Å². The molecule has 0 unspecified atom stereocenters. The summed E-state index contributed by atoms with van der Waals surface area (Å²) in [6.45, 7) is 3.98. The van der Waals surface area contributed by atoms with Crippen LogP contribution in [0, 0.1) is 0 Å². The van der Waals surface area contributed by atoms with Gasteiger partial charge in [-0.25, -0.2) is 9.97 Å². The maximum atomic E-state index is 12.5. The third-order valence-electron chi connectivity index (χ3n) is 3.20. The van der Waals surface area contributed by atoms with Gasteiger partial charge in [-0.15, -0.1) is 11.3 Å². The second kappa shape index (κ2) is 5.86. The number of hydrogen-bond donors (Lipinski definition) is 2. The molecule has 1 atom stereocenters. The average Bonchev–Trinajstić information content (AvgIpc) is 2.88. The van der Waals surface area contributed by atoms with E-state index >= 15 is 0 Å². The molecular formula is C15H16N4O2S. The third-order valence-corrected chi connectivity index (χ3v) is 4.28. The zero-order chi connectivity index (χ0) is 15.7. The Kier molecular flexibility index (Phi) is 3.91. The van der Waals surface area contributed by atoms with E-state index in [1.165, 1.54) is 22.2 Å². The molecule has 0 aromatic carbocycles. The Balaban J connectivity index is 2.24. The summed E-state index contributed by atoms with van der Waals surface area (Å²) < 4.78 is 2.04. The molecular weight excluding hydrogens is 300 g/mol. The molecule has 6 nitrogen and oxygen atoms in total. The summed E-state index contributed by atoms with van der Waals surface area (Å²) >= 11 is 1.33. The summed E-state index contributed by atoms with van der Waals surface area (Å²) in [6.07, 6.45) is 6.21. The number of rotatable bonds is 4. The van der Waals surface area contributed by atoms with Gasteiger partial charge in [-0.1, -0.05) is 6.08 Å². The van der Waals surface area contributed by atoms with E-state index in [9.17, 15) is 9.90 Å². The number of pyridine rings is 1. The number of nitrogens with one attached hydrogen (secondary N) is 1. The van der Waals surface area contributed by atoms with Crippen molar-refractivity contribution in [3.63, 3.8) is 0 Å². The van der Waals surface area contributed by atoms with Gasteiger partial charge >= 0.3 is 0 Å². The normalized spacial score (nSPS) is 13.2. The van der Waals surface area contributed by atoms with Crippen LogP contribution in [-0.2, 0) is 0 Å². The summed E-state index contributed by atoms with van der Waals surface area (Å²) in [5.74, 6) is 0. The van der Waals surface area contributed by atoms with Crippen LogP contribution >= 0.6 is 11.3 Å². The second-order valence-corrected chi connectivity index (χ2v) is 5.99. The van der Waals surface area contributed by atoms with Gasteiger partial charge in [0.05, 0.1) is 17.0 Å². The van der Waals surface area contributed by atoms with Crippen molar-refractivity contribution >= 4 is 43.7 Å². The molecule has 114 valence electrons. The van der Waals surface area contributed by atoms with Crippen molar-refractivity contribution in [1.29, 1.82) is 0 Å². The molecule has 3 aromatic heterocycles. The van der Waals surface area contributed by atoms with Gasteiger partial charge < -0.3 is 10.4 Å². The monoisotopic (exact) mass is 316 g/mol. The van der Waals surface area contributed by atoms with E-state index in [4.69, 9.17) is 0 Å². The lowest BCUT2D eigenvalue weighted by Gasteiger charge is -2.09. The fourth-order valence-electron chi connectivity index (χ4n) is 2.24. The minimum Gasteiger partial charge on any atom is -0.392 e. The first-order chi connectivity index (χ1) is 10.6. The van der Waals surface area contributed by atoms with E-state index in [0.717, 1.165) is 15.9 Å². The maximum Gasteiger partial charge on any atom is 0.275 e. The zero-order valence-corrected chi connectivity index (χ0v) is 13.1. The predicted molar refractivity (Wildman–Crippen MR) is 90.4 cm³/mol. The Hall–Kier alpha value is -2.25. The number of nitrogens with zero attached hydrogens (tertiary/aromatic N) is 3. The Labute approximate surface area is 130 Å². The molecule has 3 aromatic rings. The van der Waals surface area contributed by atoms with Crippen LogP contribution in [0.15, 0.2) is 29.5 Å². The van der Waals surface area contributed by atoms with Crippen LogP contribution in [-0.4, -0.2) is 32.3 Å². The number of allylic oxidation sites excluding steroid dienone is 1. The highest BCUT2D eigenvalue weighted by molar-refractivity contribution is 7.25. The Morgan fingerprint density at radius 2 is 2.32 bits per heavy atom. The number of hydrogen-bond acceptors (Lipinski definition) is 6. The molecule has 0 aliphatic heterocycles. The summed E-state index contributed by atoms with van der Waals surface area (Å²) in [5.41, 5.74) is 1.37. The van der Waals surface area contributed by atoms with Gasteiger partial charge in [-0.3, -0.25) is 9.36 Å². The van der Waals surface area contributed by atoms with Crippen molar-refractivity contribution in [2.24, 2.45) is 0 Å². The van der Waals surface area contributed by atoms with E-state index in [1.807, 2.05) is 13.0 Å². The SMILES string of the molecule is C/C=C/n1cnc2c(sc3nccc(NC[C@H](C)O)c32)c1=O. The molecule has 3 heterocycles. The minimum absolute atomic E-state index is 0.104. The van der Waals surface area contributed by atoms with Gasteiger partial charge in [0.1, 0.15) is 15.9 Å². The summed E-state index contributed by atoms with van der Waals surface area (Å²) in [5, 5.41) is 13.4. The molecule has 0 saturated carbocycles. The van der Waals surface area contributed by atoms with Crippen molar-refractivity contribution in [3.8, 4) is 0 Å². The molecule has 0 aliphatic carbocycles. The van der Waals surface area contributed by atoms with Crippen molar-refractivity contribution in [2.75, 3.05) is 11.9 Å². The highest BCUT2D eigenvalue weighted by Crippen LogP contribution is 2.33. The molecule has 22 heavy (non-hydrogen) atoms. The molecule has 0 saturated heterocycles. The molecule has 0 amide bonds. The van der Waals surface area contributed by atoms with Crippen LogP contribution in [0.1, 0.15) is 13.8 Å². The smallest absolute Gasteiger partial charge is 0.275 e. The number of fused-ring (bicyclic) bond motifs is 3. The average molecular weight is 316 g/mol. The van der Waals surface area contributed by atoms with Gasteiger partial charge in [0.2, 0.25) is 0 Å². The van der Waals surface area contributed by atoms with E-state index in [0.29, 0.717) is 16.8 Å². The van der Waals surface area contributed by atoms with Gasteiger partial charge in [0.15, 0.2) is 0 Å². The minimum atomic E-state index is -0.465. The standard InChI is InChI=1S/C15H16N4O2S/c1-3-6-19-8-18-12-11-10(17-7-9(2)20)4-5-16-14(11)22-13(12)15(19)21/h3-6,8-9,20H,7H2,1-2H3,(H,16,17)/b6-3+/t9-/m0/s1. The van der Waals surface area contributed by atoms with E-state index in [-0.39, 0.29) is 5.56 Å². The van der Waals surface area contributed by atoms with Crippen LogP contribution in [0.2, 0.25) is 0 Å². The lowest BCUT2D eigenvalue weighted by molar-refractivity contribution is 0.208. The number of thiophene rings is 1. The predicted octanol–water partition coefficient (Wildman–Crippen LogP) is 2.29. The highest BCUT2D eigenvalue weighted by Gasteiger charge is 2.15. The first-order valence-corrected chi connectivity index (χ1v) is 7.76. The Morgan fingerprint density at radius 1 is 1.50 bits per heavy atom. The Bertz CT molecular complexity index is 911. The van der Waals surface area contributed by atoms with E-state index in [2.05, 4.69) is 15.3 Å². The molecule has 0 bridgehead atoms. The topological polar surface area (TPSA) is 80.0 Å². The number of aromatic nitrogens is 3. The second-order valence-electron chi connectivity index (χ2n) is 4.99. The van der Waals surface area contributed by atoms with E-state index in [1.54, 1.807) is 25.4 Å². The van der Waals surface area contributed by atoms with E-state index < -0.39 is 6.10 Å². The van der Waals surface area contributed by atoms with Gasteiger partial charge in [-0.2, -0.15) is 0 Å². The quantitative estimate of drug-likeness (QED) is 0.772. The summed E-state index contributed by atoms with van der Waals surface area (Å²) in [7, 11) is 0. The van der Waals surface area contributed by atoms with Crippen LogP contribution in [0.4, 0.5) is 5.69 Å². The fourth-order valence-corrected chi connectivity index (χ4v) is 3.30. The first kappa shape index (κ1) is 14.7. The summed E-state index contributed by atoms with van der Waals surface area (Å²) in [4.78, 5) is 22.0. The largest absolute Gasteiger partial charge is 0.392 e. The molecule has 0 fully saturated rings. The lowest BCUT2D eigenvalue weighted by atomic mass is 10.2. The molecule has 3 rings (SSSR count). The lowest BCUT2D eigenvalue weighted by Crippen LogP contribution is -2.16. The number of aliphatic hydroxyl groups is 1. The molecule has 2 N–H and O–H groups in total. The van der Waals surface area contributed by atoms with Gasteiger partial charge in [0, 0.05) is 24.6 Å². The maximum absolute atomic E-state index is 12.5. The van der Waals surface area contributed by atoms with Crippen molar-refractivity contribution in [2.45, 2.75) is 20.0 Å². The number of anilines is 1. The first-order valence-electron chi connectivity index (χ1n) is 6.95. The fraction of sp³-hybridized carbons (Fsp3) is 0.267. The highest BCUT2D eigenvalue weighted by atomic mass is 32.1. The zero-order valence-electron chi connectivity index (χ0n) is 12.3. The van der Waals surface area contributed by atoms with Crippen molar-refractivity contribution in [1.82, 2.24) is 14.5 Å². The van der Waals surface area contributed by atoms with Gasteiger partial charge in [-0.05, 0) is 19.9 Å². The van der Waals surface area contributed by atoms with Crippen LogP contribution in [0.25, 0.3) is 26.6 Å². The number of aliphatic hydroxyl groups excluding tert-OH is 1. The molecule has 7 heteroatoms. The van der Waals surface area contributed by atoms with Gasteiger partial charge in [0.25, 0.3) is 5.56 Å². The Morgan fingerprint density at radius 3 is 3.05 bits per heavy atom. The van der Waals surface area contributed by atoms with Crippen molar-refractivity contribution < 1.29 is 5.11 Å². The third kappa shape index (κ3) is 2.49. The molecule has 0 aliphatic rings. The molecule has 0 radical (unpaired) electrons. The molecule has 0 spiro atoms. The van der Waals surface area contributed by atoms with Crippen LogP contribution < -0.4 is 10.9 Å².